The molecular weight excluding hydrogens is 265 g/mol. The molecule has 14 heavy (non-hydrogen) atoms. The SMILES string of the molecule is CC(C)n1nc(Br)c2c(Cl)nccc21. The second-order valence-corrected chi connectivity index (χ2v) is 4.43. The van der Waals surface area contributed by atoms with E-state index in [9.17, 15) is 0 Å². The van der Waals surface area contributed by atoms with E-state index in [-0.39, 0.29) is 0 Å². The molecule has 0 bridgehead atoms. The van der Waals surface area contributed by atoms with Gasteiger partial charge < -0.3 is 0 Å². The van der Waals surface area contributed by atoms with E-state index in [1.54, 1.807) is 6.20 Å². The maximum Gasteiger partial charge on any atom is 0.141 e. The van der Waals surface area contributed by atoms with E-state index in [1.165, 1.54) is 0 Å². The highest BCUT2D eigenvalue weighted by Gasteiger charge is 2.13. The minimum absolute atomic E-state index is 0.308. The largest absolute Gasteiger partial charge is 0.261 e. The zero-order valence-corrected chi connectivity index (χ0v) is 10.2. The van der Waals surface area contributed by atoms with Crippen molar-refractivity contribution in [2.24, 2.45) is 0 Å². The summed E-state index contributed by atoms with van der Waals surface area (Å²) in [4.78, 5) is 4.02. The monoisotopic (exact) mass is 273 g/mol. The lowest BCUT2D eigenvalue weighted by Crippen LogP contribution is -2.01. The number of hydrogen-bond acceptors (Lipinski definition) is 2. The summed E-state index contributed by atoms with van der Waals surface area (Å²) >= 11 is 9.37. The number of pyridine rings is 1. The lowest BCUT2D eigenvalue weighted by molar-refractivity contribution is 0.548. The van der Waals surface area contributed by atoms with Crippen LogP contribution in [0.1, 0.15) is 19.9 Å². The van der Waals surface area contributed by atoms with Gasteiger partial charge in [-0.2, -0.15) is 5.10 Å². The maximum atomic E-state index is 5.99. The Hall–Kier alpha value is -0.610. The van der Waals surface area contributed by atoms with Gasteiger partial charge in [-0.05, 0) is 35.8 Å². The van der Waals surface area contributed by atoms with Crippen LogP contribution in [-0.2, 0) is 0 Å². The van der Waals surface area contributed by atoms with Crippen molar-refractivity contribution in [3.05, 3.63) is 22.0 Å². The molecule has 2 heterocycles. The highest BCUT2D eigenvalue weighted by Crippen LogP contribution is 2.29. The zero-order chi connectivity index (χ0) is 10.3. The Labute approximate surface area is 95.2 Å². The molecule has 0 aromatic carbocycles. The lowest BCUT2D eigenvalue weighted by Gasteiger charge is -2.06. The Morgan fingerprint density at radius 3 is 2.86 bits per heavy atom. The van der Waals surface area contributed by atoms with Crippen molar-refractivity contribution in [2.75, 3.05) is 0 Å². The Bertz CT molecular complexity index is 478. The molecule has 0 atom stereocenters. The summed E-state index contributed by atoms with van der Waals surface area (Å²) in [7, 11) is 0. The average Bonchev–Trinajstić information content (AvgIpc) is 2.45. The molecule has 0 spiro atoms. The van der Waals surface area contributed by atoms with Gasteiger partial charge in [0.25, 0.3) is 0 Å². The van der Waals surface area contributed by atoms with Crippen molar-refractivity contribution in [1.82, 2.24) is 14.8 Å². The van der Waals surface area contributed by atoms with Crippen LogP contribution in [0.4, 0.5) is 0 Å². The first-order chi connectivity index (χ1) is 6.61. The van der Waals surface area contributed by atoms with Crippen LogP contribution >= 0.6 is 27.5 Å². The number of halogens is 2. The quantitative estimate of drug-likeness (QED) is 0.746. The number of nitrogens with zero attached hydrogens (tertiary/aromatic N) is 3. The van der Waals surface area contributed by atoms with E-state index < -0.39 is 0 Å². The zero-order valence-electron chi connectivity index (χ0n) is 7.83. The third-order valence-electron chi connectivity index (χ3n) is 2.02. The van der Waals surface area contributed by atoms with Crippen molar-refractivity contribution in [3.63, 3.8) is 0 Å². The minimum Gasteiger partial charge on any atom is -0.261 e. The van der Waals surface area contributed by atoms with Crippen molar-refractivity contribution in [3.8, 4) is 0 Å². The predicted molar refractivity (Wildman–Crippen MR) is 60.6 cm³/mol. The van der Waals surface area contributed by atoms with Gasteiger partial charge in [0.05, 0.1) is 10.9 Å². The summed E-state index contributed by atoms with van der Waals surface area (Å²) in [6.07, 6.45) is 1.69. The van der Waals surface area contributed by atoms with Crippen molar-refractivity contribution in [2.45, 2.75) is 19.9 Å². The normalized spacial score (nSPS) is 11.5. The van der Waals surface area contributed by atoms with Gasteiger partial charge in [0.15, 0.2) is 0 Å². The topological polar surface area (TPSA) is 30.7 Å². The summed E-state index contributed by atoms with van der Waals surface area (Å²) in [6.45, 7) is 4.15. The van der Waals surface area contributed by atoms with Gasteiger partial charge >= 0.3 is 0 Å². The Morgan fingerprint density at radius 2 is 2.21 bits per heavy atom. The van der Waals surface area contributed by atoms with E-state index >= 15 is 0 Å². The van der Waals surface area contributed by atoms with E-state index in [1.807, 2.05) is 10.7 Å². The smallest absolute Gasteiger partial charge is 0.141 e. The lowest BCUT2D eigenvalue weighted by atomic mass is 10.3. The van der Waals surface area contributed by atoms with Crippen LogP contribution < -0.4 is 0 Å². The first-order valence-corrected chi connectivity index (χ1v) is 5.46. The number of hydrogen-bond donors (Lipinski definition) is 0. The molecule has 0 aliphatic carbocycles. The van der Waals surface area contributed by atoms with Crippen LogP contribution in [0.25, 0.3) is 10.9 Å². The molecule has 3 nitrogen and oxygen atoms in total. The first-order valence-electron chi connectivity index (χ1n) is 4.29. The molecule has 2 aromatic heterocycles. The van der Waals surface area contributed by atoms with Crippen LogP contribution in [0.3, 0.4) is 0 Å². The van der Waals surface area contributed by atoms with Crippen molar-refractivity contribution < 1.29 is 0 Å². The van der Waals surface area contributed by atoms with Gasteiger partial charge in [0.2, 0.25) is 0 Å². The van der Waals surface area contributed by atoms with E-state index in [2.05, 4.69) is 39.9 Å². The molecule has 2 rings (SSSR count). The van der Waals surface area contributed by atoms with Gasteiger partial charge in [0.1, 0.15) is 9.76 Å². The van der Waals surface area contributed by atoms with Crippen molar-refractivity contribution >= 4 is 38.4 Å². The predicted octanol–water partition coefficient (Wildman–Crippen LogP) is 3.43. The summed E-state index contributed by atoms with van der Waals surface area (Å²) in [5, 5.41) is 5.72. The standard InChI is InChI=1S/C9H9BrClN3/c1-5(2)14-6-3-4-12-9(11)7(6)8(10)13-14/h3-5H,1-2H3. The van der Waals surface area contributed by atoms with Crippen LogP contribution in [0.2, 0.25) is 5.15 Å². The summed E-state index contributed by atoms with van der Waals surface area (Å²) in [6, 6.07) is 2.22. The molecule has 74 valence electrons. The van der Waals surface area contributed by atoms with E-state index in [4.69, 9.17) is 11.6 Å². The fourth-order valence-electron chi connectivity index (χ4n) is 1.40. The van der Waals surface area contributed by atoms with Gasteiger partial charge in [-0.1, -0.05) is 11.6 Å². The Kier molecular flexibility index (Phi) is 2.49. The van der Waals surface area contributed by atoms with Crippen LogP contribution in [0, 0.1) is 0 Å². The third-order valence-corrected chi connectivity index (χ3v) is 2.86. The molecule has 5 heteroatoms. The molecule has 0 N–H and O–H groups in total. The molecule has 0 fully saturated rings. The van der Waals surface area contributed by atoms with Crippen LogP contribution in [-0.4, -0.2) is 14.8 Å². The van der Waals surface area contributed by atoms with Gasteiger partial charge in [-0.15, -0.1) is 0 Å². The molecule has 0 saturated carbocycles. The molecule has 0 saturated heterocycles. The molecule has 2 aromatic rings. The van der Waals surface area contributed by atoms with Gasteiger partial charge in [-0.25, -0.2) is 4.98 Å². The molecule has 0 amide bonds. The highest BCUT2D eigenvalue weighted by atomic mass is 79.9. The van der Waals surface area contributed by atoms with Crippen LogP contribution in [0.15, 0.2) is 16.9 Å². The fraction of sp³-hybridized carbons (Fsp3) is 0.333. The molecule has 0 aliphatic heterocycles. The Morgan fingerprint density at radius 1 is 1.50 bits per heavy atom. The molecular formula is C9H9BrClN3. The number of aromatic nitrogens is 3. The van der Waals surface area contributed by atoms with E-state index in [0.29, 0.717) is 11.2 Å². The van der Waals surface area contributed by atoms with E-state index in [0.717, 1.165) is 15.5 Å². The van der Waals surface area contributed by atoms with Gasteiger partial charge in [0, 0.05) is 12.2 Å². The Balaban J connectivity index is 2.84. The minimum atomic E-state index is 0.308. The third kappa shape index (κ3) is 1.42. The summed E-state index contributed by atoms with van der Waals surface area (Å²) in [5.41, 5.74) is 1.01. The average molecular weight is 275 g/mol. The van der Waals surface area contributed by atoms with Gasteiger partial charge in [-0.3, -0.25) is 4.68 Å². The number of rotatable bonds is 1. The molecule has 0 radical (unpaired) electrons. The summed E-state index contributed by atoms with van der Waals surface area (Å²) in [5.74, 6) is 0. The highest BCUT2D eigenvalue weighted by molar-refractivity contribution is 9.10. The summed E-state index contributed by atoms with van der Waals surface area (Å²) < 4.78 is 2.67. The maximum absolute atomic E-state index is 5.99. The number of fused-ring (bicyclic) bond motifs is 1. The second kappa shape index (κ2) is 3.51. The van der Waals surface area contributed by atoms with Crippen LogP contribution in [0.5, 0.6) is 0 Å². The fourth-order valence-corrected chi connectivity index (χ4v) is 2.32. The molecule has 0 aliphatic rings. The molecule has 0 unspecified atom stereocenters. The van der Waals surface area contributed by atoms with Crippen molar-refractivity contribution in [1.29, 1.82) is 0 Å². The second-order valence-electron chi connectivity index (χ2n) is 3.33. The first kappa shape index (κ1) is 9.93.